The maximum absolute atomic E-state index is 10.8. The van der Waals surface area contributed by atoms with Gasteiger partial charge in [-0.2, -0.15) is 0 Å². The van der Waals surface area contributed by atoms with Crippen LogP contribution in [-0.4, -0.2) is 18.0 Å². The van der Waals surface area contributed by atoms with Gasteiger partial charge in [0.05, 0.1) is 0 Å². The second kappa shape index (κ2) is 5.91. The molecular formula is C7H12Cl3NOSi. The molecule has 13 heavy (non-hydrogen) atoms. The zero-order valence-electron chi connectivity index (χ0n) is 7.32. The fraction of sp³-hybridized carbons (Fsp3) is 0.571. The van der Waals surface area contributed by atoms with E-state index < -0.39 is 6.00 Å². The molecule has 0 radical (unpaired) electrons. The Balaban J connectivity index is 3.69. The van der Waals surface area contributed by atoms with Crippen LogP contribution in [0, 0.1) is 0 Å². The van der Waals surface area contributed by atoms with Gasteiger partial charge < -0.3 is 5.32 Å². The maximum Gasteiger partial charge on any atom is 0.341 e. The SMILES string of the molecule is C=CC(=O)NC(C)CC[Si](Cl)(Cl)Cl. The summed E-state index contributed by atoms with van der Waals surface area (Å²) in [7, 11) is 0. The minimum absolute atomic E-state index is 0.0219. The van der Waals surface area contributed by atoms with Crippen molar-refractivity contribution in [3.8, 4) is 0 Å². The van der Waals surface area contributed by atoms with E-state index in [1.165, 1.54) is 6.08 Å². The quantitative estimate of drug-likeness (QED) is 0.460. The van der Waals surface area contributed by atoms with Gasteiger partial charge in [-0.15, -0.1) is 33.2 Å². The standard InChI is InChI=1S/C7H12Cl3NOSi/c1-3-7(12)11-6(2)4-5-13(8,9)10/h3,6H,1,4-5H2,2H3,(H,11,12). The Morgan fingerprint density at radius 1 is 1.62 bits per heavy atom. The second-order valence-electron chi connectivity index (χ2n) is 2.77. The Labute approximate surface area is 93.4 Å². The van der Waals surface area contributed by atoms with Crippen LogP contribution in [-0.2, 0) is 4.79 Å². The highest BCUT2D eigenvalue weighted by molar-refractivity contribution is 7.64. The van der Waals surface area contributed by atoms with Crippen molar-refractivity contribution < 1.29 is 4.79 Å². The molecule has 76 valence electrons. The molecule has 1 atom stereocenters. The lowest BCUT2D eigenvalue weighted by molar-refractivity contribution is -0.117. The highest BCUT2D eigenvalue weighted by Gasteiger charge is 2.25. The van der Waals surface area contributed by atoms with Gasteiger partial charge in [0.15, 0.2) is 0 Å². The Morgan fingerprint density at radius 3 is 2.54 bits per heavy atom. The van der Waals surface area contributed by atoms with Crippen molar-refractivity contribution in [2.75, 3.05) is 0 Å². The zero-order chi connectivity index (χ0) is 10.5. The van der Waals surface area contributed by atoms with Crippen molar-refractivity contribution in [1.29, 1.82) is 0 Å². The van der Waals surface area contributed by atoms with E-state index in [0.29, 0.717) is 12.5 Å². The summed E-state index contributed by atoms with van der Waals surface area (Å²) in [4.78, 5) is 10.8. The summed E-state index contributed by atoms with van der Waals surface area (Å²) >= 11 is 17.1. The van der Waals surface area contributed by atoms with E-state index in [9.17, 15) is 4.79 Å². The molecule has 0 fully saturated rings. The normalized spacial score (nSPS) is 13.5. The molecule has 0 spiro atoms. The molecule has 1 unspecified atom stereocenters. The van der Waals surface area contributed by atoms with E-state index in [1.54, 1.807) is 0 Å². The molecular weight excluding hydrogens is 249 g/mol. The maximum atomic E-state index is 10.8. The Kier molecular flexibility index (Phi) is 6.04. The lowest BCUT2D eigenvalue weighted by atomic mass is 10.2. The van der Waals surface area contributed by atoms with Crippen LogP contribution >= 0.6 is 33.2 Å². The molecule has 0 rings (SSSR count). The van der Waals surface area contributed by atoms with Crippen LogP contribution in [0.5, 0.6) is 0 Å². The molecule has 1 amide bonds. The highest BCUT2D eigenvalue weighted by atomic mass is 35.8. The topological polar surface area (TPSA) is 29.1 Å². The largest absolute Gasteiger partial charge is 0.350 e. The van der Waals surface area contributed by atoms with E-state index in [4.69, 9.17) is 33.2 Å². The molecule has 0 aromatic rings. The zero-order valence-corrected chi connectivity index (χ0v) is 10.6. The summed E-state index contributed by atoms with van der Waals surface area (Å²) in [5.74, 6) is -0.196. The molecule has 0 aliphatic heterocycles. The van der Waals surface area contributed by atoms with Gasteiger partial charge in [0, 0.05) is 6.04 Å². The summed E-state index contributed by atoms with van der Waals surface area (Å²) in [5, 5.41) is 2.69. The van der Waals surface area contributed by atoms with Gasteiger partial charge in [-0.1, -0.05) is 6.58 Å². The van der Waals surface area contributed by atoms with E-state index in [-0.39, 0.29) is 11.9 Å². The van der Waals surface area contributed by atoms with Gasteiger partial charge in [0.1, 0.15) is 0 Å². The molecule has 0 aliphatic carbocycles. The first-order valence-corrected chi connectivity index (χ1v) is 9.09. The average Bonchev–Trinajstić information content (AvgIpc) is 1.99. The van der Waals surface area contributed by atoms with Gasteiger partial charge in [-0.3, -0.25) is 4.79 Å². The van der Waals surface area contributed by atoms with Crippen LogP contribution < -0.4 is 5.32 Å². The molecule has 0 heterocycles. The second-order valence-corrected chi connectivity index (χ2v) is 12.0. The fourth-order valence-electron chi connectivity index (χ4n) is 0.754. The molecule has 0 aromatic carbocycles. The lowest BCUT2D eigenvalue weighted by Gasteiger charge is -2.14. The van der Waals surface area contributed by atoms with Crippen molar-refractivity contribution in [2.24, 2.45) is 0 Å². The van der Waals surface area contributed by atoms with Gasteiger partial charge >= 0.3 is 6.00 Å². The van der Waals surface area contributed by atoms with Gasteiger partial charge in [-0.05, 0) is 25.5 Å². The lowest BCUT2D eigenvalue weighted by Crippen LogP contribution is -2.32. The predicted molar refractivity (Wildman–Crippen MR) is 60.5 cm³/mol. The van der Waals surface area contributed by atoms with E-state index in [1.807, 2.05) is 6.92 Å². The van der Waals surface area contributed by atoms with Crippen LogP contribution in [0.4, 0.5) is 0 Å². The smallest absolute Gasteiger partial charge is 0.341 e. The molecule has 0 saturated carbocycles. The molecule has 1 N–H and O–H groups in total. The summed E-state index contributed by atoms with van der Waals surface area (Å²) in [6.45, 7) is 5.21. The number of nitrogens with one attached hydrogen (secondary N) is 1. The van der Waals surface area contributed by atoms with Crippen molar-refractivity contribution in [3.05, 3.63) is 12.7 Å². The van der Waals surface area contributed by atoms with Crippen molar-refractivity contribution in [2.45, 2.75) is 25.4 Å². The van der Waals surface area contributed by atoms with Gasteiger partial charge in [-0.25, -0.2) is 0 Å². The molecule has 0 saturated heterocycles. The number of carbonyl (C=O) groups is 1. The Morgan fingerprint density at radius 2 is 2.15 bits per heavy atom. The van der Waals surface area contributed by atoms with Crippen LogP contribution in [0.15, 0.2) is 12.7 Å². The number of hydrogen-bond acceptors (Lipinski definition) is 1. The summed E-state index contributed by atoms with van der Waals surface area (Å²) < 4.78 is 0. The minimum atomic E-state index is -2.54. The number of amides is 1. The number of halogens is 3. The number of hydrogen-bond donors (Lipinski definition) is 1. The molecule has 6 heteroatoms. The number of rotatable bonds is 5. The monoisotopic (exact) mass is 259 g/mol. The predicted octanol–water partition coefficient (Wildman–Crippen LogP) is 2.72. The molecule has 0 bridgehead atoms. The molecule has 0 aromatic heterocycles. The third kappa shape index (κ3) is 8.62. The average molecular weight is 261 g/mol. The van der Waals surface area contributed by atoms with E-state index in [2.05, 4.69) is 11.9 Å². The first-order valence-electron chi connectivity index (χ1n) is 3.85. The summed E-state index contributed by atoms with van der Waals surface area (Å²) in [6.07, 6.45) is 1.91. The fourth-order valence-corrected chi connectivity index (χ4v) is 2.50. The molecule has 0 aliphatic rings. The third-order valence-electron chi connectivity index (χ3n) is 1.43. The number of carbonyl (C=O) groups excluding carboxylic acids is 1. The van der Waals surface area contributed by atoms with E-state index in [0.717, 1.165) is 0 Å². The summed E-state index contributed by atoms with van der Waals surface area (Å²) in [5.41, 5.74) is 0. The van der Waals surface area contributed by atoms with Gasteiger partial charge in [0.25, 0.3) is 0 Å². The van der Waals surface area contributed by atoms with Crippen LogP contribution in [0.1, 0.15) is 13.3 Å². The van der Waals surface area contributed by atoms with Crippen LogP contribution in [0.3, 0.4) is 0 Å². The molecule has 2 nitrogen and oxygen atoms in total. The van der Waals surface area contributed by atoms with Crippen molar-refractivity contribution in [3.63, 3.8) is 0 Å². The Hall–Kier alpha value is 0.297. The minimum Gasteiger partial charge on any atom is -0.350 e. The first-order chi connectivity index (χ1) is 5.85. The van der Waals surface area contributed by atoms with Gasteiger partial charge in [0.2, 0.25) is 5.91 Å². The van der Waals surface area contributed by atoms with Crippen molar-refractivity contribution >= 4 is 45.1 Å². The van der Waals surface area contributed by atoms with Crippen LogP contribution in [0.2, 0.25) is 6.04 Å². The summed E-state index contributed by atoms with van der Waals surface area (Å²) in [6, 6.07) is -1.97. The Bertz CT molecular complexity index is 193. The highest BCUT2D eigenvalue weighted by Crippen LogP contribution is 2.26. The first kappa shape index (κ1) is 13.3. The van der Waals surface area contributed by atoms with E-state index >= 15 is 0 Å². The third-order valence-corrected chi connectivity index (χ3v) is 3.99. The van der Waals surface area contributed by atoms with Crippen molar-refractivity contribution in [1.82, 2.24) is 5.32 Å². The van der Waals surface area contributed by atoms with Crippen LogP contribution in [0.25, 0.3) is 0 Å².